The van der Waals surface area contributed by atoms with Gasteiger partial charge in [0, 0.05) is 12.5 Å². The Kier molecular flexibility index (Phi) is 6.08. The van der Waals surface area contributed by atoms with Gasteiger partial charge >= 0.3 is 0 Å². The average molecular weight is 367 g/mol. The second-order valence-corrected chi connectivity index (χ2v) is 8.05. The van der Waals surface area contributed by atoms with Crippen LogP contribution in [0.3, 0.4) is 0 Å². The molecule has 1 nitrogen and oxygen atoms in total. The lowest BCUT2D eigenvalue weighted by Crippen LogP contribution is -2.22. The first kappa shape index (κ1) is 17.9. The van der Waals surface area contributed by atoms with Crippen molar-refractivity contribution in [2.24, 2.45) is 0 Å². The Bertz CT molecular complexity index is 860. The smallest absolute Gasteiger partial charge is 0.192 e. The van der Waals surface area contributed by atoms with Gasteiger partial charge < -0.3 is 4.43 Å². The predicted molar refractivity (Wildman–Crippen MR) is 112 cm³/mol. The summed E-state index contributed by atoms with van der Waals surface area (Å²) in [6, 6.07) is 23.8. The SMILES string of the molecule is Cc1ccccc1-c1cccc([SiH2]OCCCl)c1-c1ccccc1C. The van der Waals surface area contributed by atoms with Gasteiger partial charge in [0.1, 0.15) is 0 Å². The lowest BCUT2D eigenvalue weighted by molar-refractivity contribution is 0.370. The normalized spacial score (nSPS) is 11.3. The van der Waals surface area contributed by atoms with Gasteiger partial charge in [-0.2, -0.15) is 0 Å². The maximum absolute atomic E-state index is 5.90. The summed E-state index contributed by atoms with van der Waals surface area (Å²) in [7, 11) is -0.834. The van der Waals surface area contributed by atoms with Crippen molar-refractivity contribution in [2.75, 3.05) is 12.5 Å². The van der Waals surface area contributed by atoms with Crippen LogP contribution in [0.1, 0.15) is 11.1 Å². The third-order valence-electron chi connectivity index (χ3n) is 4.48. The van der Waals surface area contributed by atoms with Gasteiger partial charge in [-0.25, -0.2) is 0 Å². The first-order valence-corrected chi connectivity index (χ1v) is 10.4. The highest BCUT2D eigenvalue weighted by Gasteiger charge is 2.15. The molecular weight excluding hydrogens is 344 g/mol. The summed E-state index contributed by atoms with van der Waals surface area (Å²) >= 11 is 5.79. The second-order valence-electron chi connectivity index (χ2n) is 6.21. The molecule has 0 heterocycles. The summed E-state index contributed by atoms with van der Waals surface area (Å²) in [5.41, 5.74) is 7.75. The van der Waals surface area contributed by atoms with E-state index in [1.165, 1.54) is 38.6 Å². The van der Waals surface area contributed by atoms with Gasteiger partial charge in [-0.1, -0.05) is 66.7 Å². The Balaban J connectivity index is 2.20. The molecule has 0 unspecified atom stereocenters. The van der Waals surface area contributed by atoms with E-state index in [1.807, 2.05) is 0 Å². The number of benzene rings is 3. The fourth-order valence-corrected chi connectivity index (χ4v) is 4.79. The Morgan fingerprint density at radius 3 is 2.00 bits per heavy atom. The summed E-state index contributed by atoms with van der Waals surface area (Å²) in [6.45, 7) is 4.97. The minimum atomic E-state index is -0.834. The van der Waals surface area contributed by atoms with Crippen molar-refractivity contribution in [1.82, 2.24) is 0 Å². The molecule has 0 atom stereocenters. The van der Waals surface area contributed by atoms with Gasteiger partial charge in [0.15, 0.2) is 9.76 Å². The average Bonchev–Trinajstić information content (AvgIpc) is 2.63. The summed E-state index contributed by atoms with van der Waals surface area (Å²) in [6.07, 6.45) is 0. The molecule has 0 radical (unpaired) electrons. The molecule has 3 aromatic rings. The summed E-state index contributed by atoms with van der Waals surface area (Å²) in [4.78, 5) is 0. The number of alkyl halides is 1. The Labute approximate surface area is 157 Å². The van der Waals surface area contributed by atoms with Crippen LogP contribution in [-0.4, -0.2) is 22.3 Å². The molecule has 0 spiro atoms. The molecule has 0 aliphatic rings. The van der Waals surface area contributed by atoms with E-state index in [0.29, 0.717) is 12.5 Å². The fraction of sp³-hybridized carbons (Fsp3) is 0.182. The zero-order chi connectivity index (χ0) is 17.6. The standard InChI is InChI=1S/C22H23ClOSi/c1-16-8-3-5-10-18(16)20-12-7-13-21(25-24-15-14-23)22(20)19-11-6-4-9-17(19)2/h3-13H,14-15,25H2,1-2H3. The third-order valence-corrected chi connectivity index (χ3v) is 6.03. The van der Waals surface area contributed by atoms with Crippen molar-refractivity contribution >= 4 is 26.6 Å². The van der Waals surface area contributed by atoms with Crippen LogP contribution < -0.4 is 5.19 Å². The van der Waals surface area contributed by atoms with Crippen LogP contribution in [0.5, 0.6) is 0 Å². The van der Waals surface area contributed by atoms with Crippen LogP contribution in [0.2, 0.25) is 0 Å². The highest BCUT2D eigenvalue weighted by Crippen LogP contribution is 2.34. The van der Waals surface area contributed by atoms with Crippen LogP contribution in [0.4, 0.5) is 0 Å². The molecule has 25 heavy (non-hydrogen) atoms. The van der Waals surface area contributed by atoms with Crippen molar-refractivity contribution < 1.29 is 4.43 Å². The van der Waals surface area contributed by atoms with Crippen molar-refractivity contribution in [1.29, 1.82) is 0 Å². The van der Waals surface area contributed by atoms with E-state index in [9.17, 15) is 0 Å². The molecule has 3 aromatic carbocycles. The number of hydrogen-bond donors (Lipinski definition) is 0. The van der Waals surface area contributed by atoms with Crippen LogP contribution in [-0.2, 0) is 4.43 Å². The van der Waals surface area contributed by atoms with Gasteiger partial charge in [-0.05, 0) is 52.4 Å². The van der Waals surface area contributed by atoms with E-state index >= 15 is 0 Å². The Morgan fingerprint density at radius 1 is 0.760 bits per heavy atom. The lowest BCUT2D eigenvalue weighted by atomic mass is 9.90. The number of rotatable bonds is 6. The van der Waals surface area contributed by atoms with E-state index in [1.54, 1.807) is 0 Å². The van der Waals surface area contributed by atoms with Gasteiger partial charge in [-0.3, -0.25) is 0 Å². The third kappa shape index (κ3) is 4.04. The summed E-state index contributed by atoms with van der Waals surface area (Å²) < 4.78 is 5.90. The Morgan fingerprint density at radius 2 is 1.36 bits per heavy atom. The molecular formula is C22H23ClOSi. The molecule has 0 bridgehead atoms. The van der Waals surface area contributed by atoms with Gasteiger partial charge in [0.05, 0.1) is 0 Å². The van der Waals surface area contributed by atoms with E-state index < -0.39 is 9.76 Å². The molecule has 0 aromatic heterocycles. The quantitative estimate of drug-likeness (QED) is 0.352. The molecule has 0 saturated carbocycles. The molecule has 128 valence electrons. The van der Waals surface area contributed by atoms with Crippen LogP contribution in [0.25, 0.3) is 22.3 Å². The molecule has 3 heteroatoms. The number of hydrogen-bond acceptors (Lipinski definition) is 1. The van der Waals surface area contributed by atoms with Gasteiger partial charge in [0.25, 0.3) is 0 Å². The van der Waals surface area contributed by atoms with Crippen molar-refractivity contribution in [3.05, 3.63) is 77.9 Å². The molecule has 0 saturated heterocycles. The molecule has 0 fully saturated rings. The van der Waals surface area contributed by atoms with E-state index in [4.69, 9.17) is 16.0 Å². The van der Waals surface area contributed by atoms with Gasteiger partial charge in [-0.15, -0.1) is 11.6 Å². The zero-order valence-corrected chi connectivity index (χ0v) is 16.9. The minimum Gasteiger partial charge on any atom is -0.417 e. The van der Waals surface area contributed by atoms with Gasteiger partial charge in [0.2, 0.25) is 0 Å². The second kappa shape index (κ2) is 8.48. The highest BCUT2D eigenvalue weighted by molar-refractivity contribution is 6.50. The lowest BCUT2D eigenvalue weighted by Gasteiger charge is -2.18. The zero-order valence-electron chi connectivity index (χ0n) is 14.8. The summed E-state index contributed by atoms with van der Waals surface area (Å²) in [5.74, 6) is 0.546. The van der Waals surface area contributed by atoms with Crippen LogP contribution in [0.15, 0.2) is 66.7 Å². The monoisotopic (exact) mass is 366 g/mol. The predicted octanol–water partition coefficient (Wildman–Crippen LogP) is 4.60. The van der Waals surface area contributed by atoms with E-state index in [2.05, 4.69) is 80.6 Å². The van der Waals surface area contributed by atoms with E-state index in [0.717, 1.165) is 0 Å². The molecule has 0 N–H and O–H groups in total. The maximum atomic E-state index is 5.90. The number of aryl methyl sites for hydroxylation is 2. The topological polar surface area (TPSA) is 9.23 Å². The van der Waals surface area contributed by atoms with Crippen molar-refractivity contribution in [3.63, 3.8) is 0 Å². The highest BCUT2D eigenvalue weighted by atomic mass is 35.5. The Hall–Kier alpha value is -1.87. The molecule has 0 aliphatic heterocycles. The minimum absolute atomic E-state index is 0.546. The van der Waals surface area contributed by atoms with Crippen molar-refractivity contribution in [2.45, 2.75) is 13.8 Å². The summed E-state index contributed by atoms with van der Waals surface area (Å²) in [5, 5.41) is 1.33. The first-order valence-electron chi connectivity index (χ1n) is 8.60. The maximum Gasteiger partial charge on any atom is 0.192 e. The number of halogens is 1. The molecule has 0 aliphatic carbocycles. The van der Waals surface area contributed by atoms with Crippen LogP contribution in [0, 0.1) is 13.8 Å². The van der Waals surface area contributed by atoms with Crippen molar-refractivity contribution in [3.8, 4) is 22.3 Å². The largest absolute Gasteiger partial charge is 0.417 e. The molecule has 0 amide bonds. The fourth-order valence-electron chi connectivity index (χ4n) is 3.23. The van der Waals surface area contributed by atoms with Crippen LogP contribution >= 0.6 is 11.6 Å². The molecule has 3 rings (SSSR count). The van der Waals surface area contributed by atoms with E-state index in [-0.39, 0.29) is 0 Å². The first-order chi connectivity index (χ1) is 12.2.